The molecule has 0 radical (unpaired) electrons. The van der Waals surface area contributed by atoms with Crippen molar-refractivity contribution in [2.45, 2.75) is 31.7 Å². The maximum absolute atomic E-state index is 15.0. The van der Waals surface area contributed by atoms with Crippen LogP contribution in [0.1, 0.15) is 24.2 Å². The predicted octanol–water partition coefficient (Wildman–Crippen LogP) is 4.74. The fourth-order valence-electron chi connectivity index (χ4n) is 4.34. The lowest BCUT2D eigenvalue weighted by Gasteiger charge is -2.32. The topological polar surface area (TPSA) is 82.1 Å². The quantitative estimate of drug-likeness (QED) is 0.396. The van der Waals surface area contributed by atoms with E-state index in [-0.39, 0.29) is 11.2 Å². The highest BCUT2D eigenvalue weighted by Gasteiger charge is 2.39. The Hall–Kier alpha value is -3.80. The minimum Gasteiger partial charge on any atom is -0.484 e. The van der Waals surface area contributed by atoms with E-state index in [2.05, 4.69) is 19.9 Å². The van der Waals surface area contributed by atoms with Crippen molar-refractivity contribution >= 4 is 17.0 Å². The van der Waals surface area contributed by atoms with E-state index in [1.54, 1.807) is 12.3 Å². The number of alkyl halides is 3. The summed E-state index contributed by atoms with van der Waals surface area (Å²) in [7, 11) is 0. The van der Waals surface area contributed by atoms with Crippen molar-refractivity contribution in [1.29, 1.82) is 0 Å². The zero-order chi connectivity index (χ0) is 25.4. The number of anilines is 1. The molecule has 0 spiro atoms. The molecular weight excluding hydrogens is 483 g/mol. The summed E-state index contributed by atoms with van der Waals surface area (Å²) >= 11 is 0. The van der Waals surface area contributed by atoms with Gasteiger partial charge in [-0.15, -0.1) is 0 Å². The minimum absolute atomic E-state index is 0.0489. The van der Waals surface area contributed by atoms with Gasteiger partial charge in [-0.05, 0) is 42.7 Å². The smallest absolute Gasteiger partial charge is 0.450 e. The summed E-state index contributed by atoms with van der Waals surface area (Å²) in [4.78, 5) is 13.6. The molecule has 0 atom stereocenters. The van der Waals surface area contributed by atoms with Gasteiger partial charge < -0.3 is 10.5 Å². The van der Waals surface area contributed by atoms with E-state index in [0.29, 0.717) is 42.9 Å². The van der Waals surface area contributed by atoms with E-state index >= 15 is 0 Å². The van der Waals surface area contributed by atoms with Crippen LogP contribution < -0.4 is 10.5 Å². The second-order valence-corrected chi connectivity index (χ2v) is 8.54. The Kier molecular flexibility index (Phi) is 6.20. The second-order valence-electron chi connectivity index (χ2n) is 8.54. The molecule has 5 rings (SSSR count). The SMILES string of the molecule is Nc1cc(CN2CCC(Oc3c(F)cc(-n4c(C(F)(F)F)nc5cccnc54)cc3F)CC2)ccn1. The number of hydrogen-bond donors (Lipinski definition) is 1. The molecule has 1 fully saturated rings. The van der Waals surface area contributed by atoms with Crippen molar-refractivity contribution in [2.75, 3.05) is 18.8 Å². The number of hydrogen-bond acceptors (Lipinski definition) is 6. The summed E-state index contributed by atoms with van der Waals surface area (Å²) in [6.07, 6.45) is -1.35. The molecule has 1 aliphatic heterocycles. The fourth-order valence-corrected chi connectivity index (χ4v) is 4.34. The first-order valence-corrected chi connectivity index (χ1v) is 11.2. The van der Waals surface area contributed by atoms with E-state index in [1.165, 1.54) is 18.3 Å². The van der Waals surface area contributed by atoms with Crippen LogP contribution >= 0.6 is 0 Å². The second kappa shape index (κ2) is 9.34. The van der Waals surface area contributed by atoms with Gasteiger partial charge in [0.15, 0.2) is 23.0 Å². The number of nitrogen functional groups attached to an aromatic ring is 1. The Morgan fingerprint density at radius 3 is 2.39 bits per heavy atom. The van der Waals surface area contributed by atoms with Crippen LogP contribution in [0.5, 0.6) is 5.75 Å². The zero-order valence-corrected chi connectivity index (χ0v) is 18.8. The number of imidazole rings is 1. The Balaban J connectivity index is 1.34. The average molecular weight is 504 g/mol. The molecule has 0 saturated carbocycles. The van der Waals surface area contributed by atoms with Gasteiger partial charge in [-0.1, -0.05) is 0 Å². The van der Waals surface area contributed by atoms with Crippen LogP contribution in [-0.2, 0) is 12.7 Å². The first-order chi connectivity index (χ1) is 17.2. The Labute approximate surface area is 202 Å². The number of piperidine rings is 1. The van der Waals surface area contributed by atoms with Gasteiger partial charge in [0.2, 0.25) is 5.82 Å². The van der Waals surface area contributed by atoms with Gasteiger partial charge in [0.05, 0.1) is 5.69 Å². The lowest BCUT2D eigenvalue weighted by molar-refractivity contribution is -0.145. The van der Waals surface area contributed by atoms with Crippen LogP contribution in [0, 0.1) is 11.6 Å². The van der Waals surface area contributed by atoms with E-state index in [9.17, 15) is 22.0 Å². The van der Waals surface area contributed by atoms with Crippen molar-refractivity contribution < 1.29 is 26.7 Å². The van der Waals surface area contributed by atoms with Crippen molar-refractivity contribution in [1.82, 2.24) is 24.4 Å². The van der Waals surface area contributed by atoms with Crippen molar-refractivity contribution in [3.8, 4) is 11.4 Å². The molecule has 12 heteroatoms. The number of ether oxygens (including phenoxy) is 1. The third-order valence-corrected chi connectivity index (χ3v) is 5.98. The summed E-state index contributed by atoms with van der Waals surface area (Å²) < 4.78 is 77.0. The highest BCUT2D eigenvalue weighted by molar-refractivity contribution is 5.74. The fraction of sp³-hybridized carbons (Fsp3) is 0.292. The number of nitrogens with two attached hydrogens (primary N) is 1. The Morgan fingerprint density at radius 2 is 1.72 bits per heavy atom. The number of halogens is 5. The van der Waals surface area contributed by atoms with Gasteiger partial charge in [-0.25, -0.2) is 23.7 Å². The van der Waals surface area contributed by atoms with Crippen molar-refractivity contribution in [3.05, 3.63) is 71.8 Å². The molecule has 3 aromatic heterocycles. The molecule has 0 bridgehead atoms. The Morgan fingerprint density at radius 1 is 1.00 bits per heavy atom. The van der Waals surface area contributed by atoms with E-state index in [1.807, 2.05) is 6.07 Å². The number of fused-ring (bicyclic) bond motifs is 1. The highest BCUT2D eigenvalue weighted by atomic mass is 19.4. The molecule has 4 heterocycles. The third-order valence-electron chi connectivity index (χ3n) is 5.98. The summed E-state index contributed by atoms with van der Waals surface area (Å²) in [6, 6.07) is 8.02. The standard InChI is InChI=1S/C24H21F5N6O/c25-17-11-15(35-22-19(2-1-6-32-22)33-23(35)24(27,28)29)12-18(26)21(17)36-16-4-8-34(9-5-16)13-14-3-7-31-20(30)10-14/h1-3,6-7,10-12,16H,4-5,8-9,13H2,(H2,30,31). The van der Waals surface area contributed by atoms with Gasteiger partial charge in [0.25, 0.3) is 0 Å². The zero-order valence-electron chi connectivity index (χ0n) is 18.8. The van der Waals surface area contributed by atoms with Crippen LogP contribution in [0.15, 0.2) is 48.8 Å². The number of likely N-dealkylation sites (tertiary alicyclic amines) is 1. The maximum atomic E-state index is 15.0. The molecule has 2 N–H and O–H groups in total. The van der Waals surface area contributed by atoms with Crippen LogP contribution in [0.25, 0.3) is 16.9 Å². The third kappa shape index (κ3) is 4.81. The van der Waals surface area contributed by atoms with Crippen LogP contribution in [-0.4, -0.2) is 43.6 Å². The summed E-state index contributed by atoms with van der Waals surface area (Å²) in [5.74, 6) is -3.73. The molecule has 1 saturated heterocycles. The molecule has 0 aliphatic carbocycles. The molecular formula is C24H21F5N6O. The summed E-state index contributed by atoms with van der Waals surface area (Å²) in [5, 5.41) is 0. The predicted molar refractivity (Wildman–Crippen MR) is 121 cm³/mol. The lowest BCUT2D eigenvalue weighted by Crippen LogP contribution is -2.38. The van der Waals surface area contributed by atoms with Gasteiger partial charge in [0, 0.05) is 44.2 Å². The molecule has 36 heavy (non-hydrogen) atoms. The van der Waals surface area contributed by atoms with Gasteiger partial charge in [-0.2, -0.15) is 13.2 Å². The molecule has 1 aliphatic rings. The summed E-state index contributed by atoms with van der Waals surface area (Å²) in [6.45, 7) is 1.93. The highest BCUT2D eigenvalue weighted by Crippen LogP contribution is 2.35. The minimum atomic E-state index is -4.86. The number of aromatic nitrogens is 4. The normalized spacial score (nSPS) is 15.5. The first kappa shape index (κ1) is 23.9. The van der Waals surface area contributed by atoms with Crippen LogP contribution in [0.4, 0.5) is 27.8 Å². The van der Waals surface area contributed by atoms with Crippen LogP contribution in [0.2, 0.25) is 0 Å². The van der Waals surface area contributed by atoms with E-state index in [4.69, 9.17) is 10.5 Å². The van der Waals surface area contributed by atoms with Crippen molar-refractivity contribution in [2.24, 2.45) is 0 Å². The number of nitrogens with zero attached hydrogens (tertiary/aromatic N) is 5. The van der Waals surface area contributed by atoms with E-state index in [0.717, 1.165) is 17.7 Å². The lowest BCUT2D eigenvalue weighted by atomic mass is 10.1. The molecule has 188 valence electrons. The molecule has 1 aromatic carbocycles. The number of rotatable bonds is 5. The molecule has 0 amide bonds. The first-order valence-electron chi connectivity index (χ1n) is 11.2. The molecule has 7 nitrogen and oxygen atoms in total. The van der Waals surface area contributed by atoms with E-state index < -0.39 is 41.2 Å². The number of pyridine rings is 2. The van der Waals surface area contributed by atoms with Gasteiger partial charge in [0.1, 0.15) is 17.4 Å². The van der Waals surface area contributed by atoms with Gasteiger partial charge in [-0.3, -0.25) is 9.47 Å². The Bertz CT molecular complexity index is 1370. The van der Waals surface area contributed by atoms with Gasteiger partial charge >= 0.3 is 6.18 Å². The summed E-state index contributed by atoms with van der Waals surface area (Å²) in [5.41, 5.74) is 6.12. The molecule has 0 unspecified atom stereocenters. The number of benzene rings is 1. The molecule has 4 aromatic rings. The van der Waals surface area contributed by atoms with Crippen LogP contribution in [0.3, 0.4) is 0 Å². The largest absolute Gasteiger partial charge is 0.484 e. The monoisotopic (exact) mass is 504 g/mol. The average Bonchev–Trinajstić information content (AvgIpc) is 3.23. The van der Waals surface area contributed by atoms with Crippen molar-refractivity contribution in [3.63, 3.8) is 0 Å². The maximum Gasteiger partial charge on any atom is 0.450 e.